The SMILES string of the molecule is CCOC(=O)C1CCN(C(=O)CN(C)C(=O)C2CC2c2ccc(C(F)(F)F)cc2)CC1. The summed E-state index contributed by atoms with van der Waals surface area (Å²) in [4.78, 5) is 40.1. The maximum absolute atomic E-state index is 12.7. The number of esters is 1. The van der Waals surface area contributed by atoms with Crippen LogP contribution in [0.4, 0.5) is 13.2 Å². The number of alkyl halides is 3. The van der Waals surface area contributed by atoms with Crippen LogP contribution >= 0.6 is 0 Å². The Morgan fingerprint density at radius 1 is 1.13 bits per heavy atom. The first-order valence-electron chi connectivity index (χ1n) is 10.5. The van der Waals surface area contributed by atoms with E-state index in [4.69, 9.17) is 4.74 Å². The zero-order valence-electron chi connectivity index (χ0n) is 17.7. The molecule has 2 unspecified atom stereocenters. The first-order chi connectivity index (χ1) is 14.6. The number of carbonyl (C=O) groups excluding carboxylic acids is 3. The molecule has 31 heavy (non-hydrogen) atoms. The smallest absolute Gasteiger partial charge is 0.416 e. The predicted octanol–water partition coefficient (Wildman–Crippen LogP) is 3.07. The lowest BCUT2D eigenvalue weighted by molar-refractivity contribution is -0.151. The molecule has 1 saturated heterocycles. The summed E-state index contributed by atoms with van der Waals surface area (Å²) in [6.07, 6.45) is -2.74. The van der Waals surface area contributed by atoms with E-state index in [9.17, 15) is 27.6 Å². The molecule has 0 radical (unpaired) electrons. The van der Waals surface area contributed by atoms with Gasteiger partial charge < -0.3 is 14.5 Å². The van der Waals surface area contributed by atoms with Crippen molar-refractivity contribution in [3.63, 3.8) is 0 Å². The lowest BCUT2D eigenvalue weighted by Gasteiger charge is -2.32. The fraction of sp³-hybridized carbons (Fsp3) is 0.591. The largest absolute Gasteiger partial charge is 0.466 e. The second-order valence-corrected chi connectivity index (χ2v) is 8.17. The normalized spacial score (nSPS) is 21.5. The van der Waals surface area contributed by atoms with Crippen molar-refractivity contribution >= 4 is 17.8 Å². The van der Waals surface area contributed by atoms with Crippen molar-refractivity contribution in [2.45, 2.75) is 38.3 Å². The molecule has 1 aliphatic carbocycles. The number of hydrogen-bond donors (Lipinski definition) is 0. The molecule has 2 amide bonds. The topological polar surface area (TPSA) is 66.9 Å². The molecule has 2 fully saturated rings. The third kappa shape index (κ3) is 5.57. The van der Waals surface area contributed by atoms with Crippen LogP contribution in [0.1, 0.15) is 43.2 Å². The van der Waals surface area contributed by atoms with E-state index in [2.05, 4.69) is 0 Å². The first kappa shape index (κ1) is 23.1. The number of likely N-dealkylation sites (N-methyl/N-ethyl adjacent to an activating group) is 1. The predicted molar refractivity (Wildman–Crippen MR) is 106 cm³/mol. The monoisotopic (exact) mass is 440 g/mol. The van der Waals surface area contributed by atoms with Crippen molar-refractivity contribution in [1.82, 2.24) is 9.80 Å². The summed E-state index contributed by atoms with van der Waals surface area (Å²) in [5.41, 5.74) is -0.0127. The van der Waals surface area contributed by atoms with Gasteiger partial charge in [0.15, 0.2) is 0 Å². The van der Waals surface area contributed by atoms with Gasteiger partial charge in [-0.05, 0) is 49.8 Å². The molecule has 9 heteroatoms. The summed E-state index contributed by atoms with van der Waals surface area (Å²) in [6, 6.07) is 4.89. The first-order valence-corrected chi connectivity index (χ1v) is 10.5. The molecule has 3 rings (SSSR count). The molecule has 1 saturated carbocycles. The van der Waals surface area contributed by atoms with E-state index in [1.807, 2.05) is 0 Å². The van der Waals surface area contributed by atoms with Crippen LogP contribution in [-0.4, -0.2) is 60.9 Å². The molecule has 0 spiro atoms. The number of rotatable bonds is 6. The minimum absolute atomic E-state index is 0.0564. The van der Waals surface area contributed by atoms with Crippen LogP contribution in [-0.2, 0) is 25.3 Å². The van der Waals surface area contributed by atoms with Crippen LogP contribution in [0.3, 0.4) is 0 Å². The van der Waals surface area contributed by atoms with Gasteiger partial charge in [0.1, 0.15) is 0 Å². The molecular formula is C22H27F3N2O4. The highest BCUT2D eigenvalue weighted by atomic mass is 19.4. The van der Waals surface area contributed by atoms with Gasteiger partial charge in [-0.15, -0.1) is 0 Å². The summed E-state index contributed by atoms with van der Waals surface area (Å²) < 4.78 is 43.1. The van der Waals surface area contributed by atoms with Gasteiger partial charge in [0, 0.05) is 26.1 Å². The second-order valence-electron chi connectivity index (χ2n) is 8.17. The Balaban J connectivity index is 1.47. The Hall–Kier alpha value is -2.58. The van der Waals surface area contributed by atoms with Gasteiger partial charge >= 0.3 is 12.1 Å². The fourth-order valence-corrected chi connectivity index (χ4v) is 4.04. The lowest BCUT2D eigenvalue weighted by Crippen LogP contribution is -2.46. The van der Waals surface area contributed by atoms with Crippen molar-refractivity contribution in [3.05, 3.63) is 35.4 Å². The van der Waals surface area contributed by atoms with E-state index in [0.29, 0.717) is 44.5 Å². The third-order valence-electron chi connectivity index (χ3n) is 5.99. The molecule has 1 aromatic carbocycles. The van der Waals surface area contributed by atoms with Crippen molar-refractivity contribution < 1.29 is 32.3 Å². The van der Waals surface area contributed by atoms with Gasteiger partial charge in [0.25, 0.3) is 0 Å². The third-order valence-corrected chi connectivity index (χ3v) is 5.99. The van der Waals surface area contributed by atoms with Crippen molar-refractivity contribution in [1.29, 1.82) is 0 Å². The van der Waals surface area contributed by atoms with Crippen molar-refractivity contribution in [2.24, 2.45) is 11.8 Å². The van der Waals surface area contributed by atoms with Gasteiger partial charge in [0.05, 0.1) is 24.6 Å². The van der Waals surface area contributed by atoms with Gasteiger partial charge in [0.2, 0.25) is 11.8 Å². The zero-order valence-corrected chi connectivity index (χ0v) is 17.7. The Kier molecular flexibility index (Phi) is 6.91. The number of amides is 2. The molecule has 2 atom stereocenters. The molecule has 1 aliphatic heterocycles. The van der Waals surface area contributed by atoms with Gasteiger partial charge in [-0.1, -0.05) is 12.1 Å². The van der Waals surface area contributed by atoms with E-state index in [1.54, 1.807) is 18.9 Å². The molecular weight excluding hydrogens is 413 g/mol. The number of nitrogens with zero attached hydrogens (tertiary/aromatic N) is 2. The molecule has 6 nitrogen and oxygen atoms in total. The molecule has 2 aliphatic rings. The fourth-order valence-electron chi connectivity index (χ4n) is 4.04. The summed E-state index contributed by atoms with van der Waals surface area (Å²) in [5.74, 6) is -1.22. The number of likely N-dealkylation sites (tertiary alicyclic amines) is 1. The zero-order chi connectivity index (χ0) is 22.8. The summed E-state index contributed by atoms with van der Waals surface area (Å²) in [7, 11) is 1.56. The maximum Gasteiger partial charge on any atom is 0.416 e. The Morgan fingerprint density at radius 2 is 1.74 bits per heavy atom. The highest BCUT2D eigenvalue weighted by molar-refractivity contribution is 5.88. The summed E-state index contributed by atoms with van der Waals surface area (Å²) in [6.45, 7) is 2.92. The van der Waals surface area contributed by atoms with Crippen molar-refractivity contribution in [3.8, 4) is 0 Å². The number of ether oxygens (including phenoxy) is 1. The molecule has 0 aromatic heterocycles. The standard InChI is InChI=1S/C22H27F3N2O4/c1-3-31-21(30)15-8-10-27(11-9-15)19(28)13-26(2)20(29)18-12-17(18)14-4-6-16(7-5-14)22(23,24)25/h4-7,15,17-18H,3,8-13H2,1-2H3. The molecule has 170 valence electrons. The molecule has 0 N–H and O–H groups in total. The van der Waals surface area contributed by atoms with Crippen LogP contribution in [0.25, 0.3) is 0 Å². The minimum atomic E-state index is -4.39. The van der Waals surface area contributed by atoms with E-state index in [1.165, 1.54) is 17.0 Å². The summed E-state index contributed by atoms with van der Waals surface area (Å²) >= 11 is 0. The Morgan fingerprint density at radius 3 is 2.29 bits per heavy atom. The van der Waals surface area contributed by atoms with Gasteiger partial charge in [-0.2, -0.15) is 13.2 Å². The van der Waals surface area contributed by atoms with E-state index < -0.39 is 11.7 Å². The average molecular weight is 440 g/mol. The van der Waals surface area contributed by atoms with Crippen LogP contribution in [0, 0.1) is 11.8 Å². The van der Waals surface area contributed by atoms with E-state index in [-0.39, 0.29) is 42.1 Å². The number of carbonyl (C=O) groups is 3. The maximum atomic E-state index is 12.7. The van der Waals surface area contributed by atoms with Crippen LogP contribution in [0.15, 0.2) is 24.3 Å². The Labute approximate surface area is 179 Å². The number of halogens is 3. The molecule has 1 heterocycles. The average Bonchev–Trinajstić information content (AvgIpc) is 3.53. The Bertz CT molecular complexity index is 817. The number of benzene rings is 1. The number of hydrogen-bond acceptors (Lipinski definition) is 4. The van der Waals surface area contributed by atoms with Crippen molar-refractivity contribution in [2.75, 3.05) is 33.3 Å². The van der Waals surface area contributed by atoms with Crippen LogP contribution in [0.2, 0.25) is 0 Å². The summed E-state index contributed by atoms with van der Waals surface area (Å²) in [5, 5.41) is 0. The van der Waals surface area contributed by atoms with Gasteiger partial charge in [-0.3, -0.25) is 14.4 Å². The second kappa shape index (κ2) is 9.28. The quantitative estimate of drug-likeness (QED) is 0.638. The lowest BCUT2D eigenvalue weighted by atomic mass is 9.97. The number of piperidine rings is 1. The highest BCUT2D eigenvalue weighted by Crippen LogP contribution is 2.48. The van der Waals surface area contributed by atoms with Crippen LogP contribution < -0.4 is 0 Å². The van der Waals surface area contributed by atoms with E-state index in [0.717, 1.165) is 12.1 Å². The van der Waals surface area contributed by atoms with E-state index >= 15 is 0 Å². The molecule has 0 bridgehead atoms. The van der Waals surface area contributed by atoms with Gasteiger partial charge in [-0.25, -0.2) is 0 Å². The highest BCUT2D eigenvalue weighted by Gasteiger charge is 2.45. The minimum Gasteiger partial charge on any atom is -0.466 e. The molecule has 1 aromatic rings. The van der Waals surface area contributed by atoms with Crippen LogP contribution in [0.5, 0.6) is 0 Å².